The molecule has 0 radical (unpaired) electrons. The summed E-state index contributed by atoms with van der Waals surface area (Å²) in [6.07, 6.45) is 1.11. The molecule has 0 spiro atoms. The number of hydrogen-bond donors (Lipinski definition) is 1. The molecule has 2 aromatic carbocycles. The molecule has 1 saturated heterocycles. The zero-order valence-electron chi connectivity index (χ0n) is 13.7. The lowest BCUT2D eigenvalue weighted by molar-refractivity contribution is -0.384. The van der Waals surface area contributed by atoms with E-state index in [-0.39, 0.29) is 16.7 Å². The largest absolute Gasteiger partial charge is 0.376 e. The number of non-ortho nitro benzene ring substituents is 1. The van der Waals surface area contributed by atoms with Crippen LogP contribution >= 0.6 is 0 Å². The highest BCUT2D eigenvalue weighted by Crippen LogP contribution is 2.29. The van der Waals surface area contributed by atoms with Crippen LogP contribution in [0, 0.1) is 15.9 Å². The molecule has 2 aromatic rings. The lowest BCUT2D eigenvalue weighted by Crippen LogP contribution is -2.36. The van der Waals surface area contributed by atoms with Crippen molar-refractivity contribution in [2.45, 2.75) is 29.9 Å². The van der Waals surface area contributed by atoms with Gasteiger partial charge in [0.1, 0.15) is 5.82 Å². The zero-order valence-corrected chi connectivity index (χ0v) is 14.5. The van der Waals surface area contributed by atoms with Crippen molar-refractivity contribution in [3.8, 4) is 0 Å². The predicted molar refractivity (Wildman–Crippen MR) is 91.5 cm³/mol. The predicted octanol–water partition coefficient (Wildman–Crippen LogP) is 2.93. The van der Waals surface area contributed by atoms with E-state index >= 15 is 0 Å². The molecule has 0 saturated carbocycles. The van der Waals surface area contributed by atoms with Crippen molar-refractivity contribution in [2.75, 3.05) is 6.61 Å². The molecule has 138 valence electrons. The number of nitrogens with one attached hydrogen (secondary N) is 1. The van der Waals surface area contributed by atoms with Gasteiger partial charge in [-0.15, -0.1) is 0 Å². The molecule has 1 heterocycles. The number of hydrogen-bond acceptors (Lipinski definition) is 5. The van der Waals surface area contributed by atoms with Crippen LogP contribution in [0.4, 0.5) is 10.1 Å². The van der Waals surface area contributed by atoms with Crippen LogP contribution in [-0.4, -0.2) is 26.1 Å². The molecule has 1 fully saturated rings. The molecule has 0 amide bonds. The van der Waals surface area contributed by atoms with E-state index in [9.17, 15) is 22.9 Å². The van der Waals surface area contributed by atoms with Crippen LogP contribution in [0.5, 0.6) is 0 Å². The van der Waals surface area contributed by atoms with Crippen molar-refractivity contribution >= 4 is 15.7 Å². The second kappa shape index (κ2) is 7.48. The first-order valence-corrected chi connectivity index (χ1v) is 9.49. The molecule has 26 heavy (non-hydrogen) atoms. The minimum Gasteiger partial charge on any atom is -0.376 e. The first-order chi connectivity index (χ1) is 12.4. The number of nitro groups is 1. The van der Waals surface area contributed by atoms with Gasteiger partial charge in [0.2, 0.25) is 10.0 Å². The molecule has 1 aliphatic heterocycles. The first kappa shape index (κ1) is 18.4. The molecule has 9 heteroatoms. The summed E-state index contributed by atoms with van der Waals surface area (Å²) in [5.74, 6) is -0.418. The van der Waals surface area contributed by atoms with E-state index in [0.29, 0.717) is 18.6 Å². The van der Waals surface area contributed by atoms with Crippen molar-refractivity contribution in [2.24, 2.45) is 0 Å². The van der Waals surface area contributed by atoms with Crippen LogP contribution in [0.15, 0.2) is 53.4 Å². The average Bonchev–Trinajstić information content (AvgIpc) is 3.15. The minimum absolute atomic E-state index is 0.0896. The molecule has 0 aromatic heterocycles. The second-order valence-electron chi connectivity index (χ2n) is 5.95. The standard InChI is InChI=1S/C17H17FN2O5S/c18-13-5-3-12(4-6-13)17(16-2-1-11-25-16)19-26(23,24)15-9-7-14(8-10-15)20(21)22/h3-10,16-17,19H,1-2,11H2/t16-,17-/m1/s1. The molecule has 0 aliphatic carbocycles. The van der Waals surface area contributed by atoms with Crippen molar-refractivity contribution in [3.63, 3.8) is 0 Å². The maximum absolute atomic E-state index is 13.2. The molecule has 7 nitrogen and oxygen atoms in total. The van der Waals surface area contributed by atoms with Gasteiger partial charge in [0.15, 0.2) is 0 Å². The molecule has 1 N–H and O–H groups in total. The Morgan fingerprint density at radius 1 is 1.15 bits per heavy atom. The molecule has 0 bridgehead atoms. The second-order valence-corrected chi connectivity index (χ2v) is 7.67. The third kappa shape index (κ3) is 4.06. The Morgan fingerprint density at radius 2 is 1.81 bits per heavy atom. The third-order valence-electron chi connectivity index (χ3n) is 4.21. The number of nitrogens with zero attached hydrogens (tertiary/aromatic N) is 1. The smallest absolute Gasteiger partial charge is 0.269 e. The molecule has 3 rings (SSSR count). The molecule has 1 aliphatic rings. The van der Waals surface area contributed by atoms with Crippen molar-refractivity contribution in [1.29, 1.82) is 0 Å². The Morgan fingerprint density at radius 3 is 2.35 bits per heavy atom. The summed E-state index contributed by atoms with van der Waals surface area (Å²) >= 11 is 0. The van der Waals surface area contributed by atoms with E-state index in [1.807, 2.05) is 0 Å². The average molecular weight is 380 g/mol. The SMILES string of the molecule is O=[N+]([O-])c1ccc(S(=O)(=O)N[C@H](c2ccc(F)cc2)[C@H]2CCCO2)cc1. The number of ether oxygens (including phenoxy) is 1. The van der Waals surface area contributed by atoms with E-state index in [4.69, 9.17) is 4.74 Å². The van der Waals surface area contributed by atoms with E-state index in [1.165, 1.54) is 36.4 Å². The van der Waals surface area contributed by atoms with E-state index in [1.54, 1.807) is 0 Å². The summed E-state index contributed by atoms with van der Waals surface area (Å²) in [5, 5.41) is 10.7. The summed E-state index contributed by atoms with van der Waals surface area (Å²) in [7, 11) is -3.94. The van der Waals surface area contributed by atoms with E-state index in [2.05, 4.69) is 4.72 Å². The molecule has 2 atom stereocenters. The van der Waals surface area contributed by atoms with Gasteiger partial charge in [-0.05, 0) is 42.7 Å². The number of rotatable bonds is 6. The normalized spacial score (nSPS) is 18.6. The highest BCUT2D eigenvalue weighted by molar-refractivity contribution is 7.89. The van der Waals surface area contributed by atoms with Crippen LogP contribution in [0.3, 0.4) is 0 Å². The Balaban J connectivity index is 1.89. The number of sulfonamides is 1. The number of nitro benzene ring substituents is 1. The quantitative estimate of drug-likeness (QED) is 0.614. The summed E-state index contributed by atoms with van der Waals surface area (Å²) in [6.45, 7) is 0.529. The maximum atomic E-state index is 13.2. The van der Waals surface area contributed by atoms with Gasteiger partial charge in [-0.25, -0.2) is 17.5 Å². The highest BCUT2D eigenvalue weighted by atomic mass is 32.2. The van der Waals surface area contributed by atoms with Gasteiger partial charge in [0.05, 0.1) is 22.0 Å². The Bertz CT molecular complexity index is 878. The summed E-state index contributed by atoms with van der Waals surface area (Å²) in [5.41, 5.74) is 0.391. The van der Waals surface area contributed by atoms with Gasteiger partial charge >= 0.3 is 0 Å². The van der Waals surface area contributed by atoms with Gasteiger partial charge in [-0.3, -0.25) is 10.1 Å². The van der Waals surface area contributed by atoms with Gasteiger partial charge in [-0.2, -0.15) is 0 Å². The first-order valence-electron chi connectivity index (χ1n) is 8.01. The fourth-order valence-electron chi connectivity index (χ4n) is 2.88. The Labute approximate surface area is 150 Å². The lowest BCUT2D eigenvalue weighted by atomic mass is 10.0. The van der Waals surface area contributed by atoms with Gasteiger partial charge in [0.25, 0.3) is 5.69 Å². The fourth-order valence-corrected chi connectivity index (χ4v) is 4.13. The topological polar surface area (TPSA) is 98.5 Å². The summed E-state index contributed by atoms with van der Waals surface area (Å²) < 4.78 is 46.8. The number of halogens is 1. The minimum atomic E-state index is -3.94. The zero-order chi connectivity index (χ0) is 18.7. The summed E-state index contributed by atoms with van der Waals surface area (Å²) in [6, 6.07) is 9.49. The highest BCUT2D eigenvalue weighted by Gasteiger charge is 2.31. The van der Waals surface area contributed by atoms with Crippen LogP contribution in [0.25, 0.3) is 0 Å². The Hall–Kier alpha value is -2.36. The third-order valence-corrected chi connectivity index (χ3v) is 5.66. The monoisotopic (exact) mass is 380 g/mol. The fraction of sp³-hybridized carbons (Fsp3) is 0.294. The van der Waals surface area contributed by atoms with Crippen LogP contribution in [-0.2, 0) is 14.8 Å². The maximum Gasteiger partial charge on any atom is 0.269 e. The molecular formula is C17H17FN2O5S. The van der Waals surface area contributed by atoms with E-state index in [0.717, 1.165) is 18.6 Å². The van der Waals surface area contributed by atoms with Crippen molar-refractivity contribution < 1.29 is 22.5 Å². The van der Waals surface area contributed by atoms with Gasteiger partial charge < -0.3 is 4.74 Å². The van der Waals surface area contributed by atoms with Crippen molar-refractivity contribution in [1.82, 2.24) is 4.72 Å². The Kier molecular flexibility index (Phi) is 5.30. The van der Waals surface area contributed by atoms with Gasteiger partial charge in [-0.1, -0.05) is 12.1 Å². The number of benzene rings is 2. The van der Waals surface area contributed by atoms with Crippen LogP contribution in [0.1, 0.15) is 24.4 Å². The molecule has 0 unspecified atom stereocenters. The molecular weight excluding hydrogens is 363 g/mol. The van der Waals surface area contributed by atoms with Crippen LogP contribution in [0.2, 0.25) is 0 Å². The van der Waals surface area contributed by atoms with Crippen LogP contribution < -0.4 is 4.72 Å². The lowest BCUT2D eigenvalue weighted by Gasteiger charge is -2.24. The van der Waals surface area contributed by atoms with Gasteiger partial charge in [0, 0.05) is 18.7 Å². The van der Waals surface area contributed by atoms with Crippen molar-refractivity contribution in [3.05, 3.63) is 70.0 Å². The summed E-state index contributed by atoms with van der Waals surface area (Å²) in [4.78, 5) is 10.0. The van der Waals surface area contributed by atoms with E-state index < -0.39 is 26.8 Å².